The third-order valence-electron chi connectivity index (χ3n) is 5.87. The van der Waals surface area contributed by atoms with Crippen LogP contribution >= 0.6 is 11.3 Å². The number of carbonyl (C=O) groups is 1. The summed E-state index contributed by atoms with van der Waals surface area (Å²) in [4.78, 5) is 29.7. The monoisotopic (exact) mass is 465 g/mol. The number of hydrogen-bond acceptors (Lipinski definition) is 7. The van der Waals surface area contributed by atoms with Gasteiger partial charge in [0.15, 0.2) is 5.69 Å². The Labute approximate surface area is 194 Å². The van der Waals surface area contributed by atoms with E-state index in [9.17, 15) is 9.18 Å². The summed E-state index contributed by atoms with van der Waals surface area (Å²) < 4.78 is 15.1. The molecule has 1 aliphatic heterocycles. The zero-order valence-electron chi connectivity index (χ0n) is 18.5. The number of nitrogens with one attached hydrogen (secondary N) is 1. The van der Waals surface area contributed by atoms with E-state index in [0.717, 1.165) is 29.8 Å². The van der Waals surface area contributed by atoms with Gasteiger partial charge >= 0.3 is 0 Å². The highest BCUT2D eigenvalue weighted by Gasteiger charge is 2.34. The Morgan fingerprint density at radius 3 is 2.73 bits per heavy atom. The van der Waals surface area contributed by atoms with Gasteiger partial charge in [-0.2, -0.15) is 9.61 Å². The van der Waals surface area contributed by atoms with Gasteiger partial charge in [-0.3, -0.25) is 4.79 Å². The first-order valence-electron chi connectivity index (χ1n) is 11.0. The summed E-state index contributed by atoms with van der Waals surface area (Å²) in [5, 5.41) is 8.61. The molecular formula is C23H24FN7OS. The molecule has 4 heterocycles. The van der Waals surface area contributed by atoms with Gasteiger partial charge in [0.1, 0.15) is 16.5 Å². The van der Waals surface area contributed by atoms with E-state index in [4.69, 9.17) is 0 Å². The van der Waals surface area contributed by atoms with E-state index in [1.165, 1.54) is 23.5 Å². The number of hydrogen-bond donors (Lipinski definition) is 1. The first-order chi connectivity index (χ1) is 16.0. The Morgan fingerprint density at radius 2 is 2.00 bits per heavy atom. The average molecular weight is 466 g/mol. The molecule has 5 rings (SSSR count). The number of anilines is 1. The van der Waals surface area contributed by atoms with Crippen LogP contribution in [-0.2, 0) is 6.42 Å². The summed E-state index contributed by atoms with van der Waals surface area (Å²) >= 11 is 1.42. The number of benzene rings is 1. The average Bonchev–Trinajstić information content (AvgIpc) is 3.52. The molecule has 4 aromatic rings. The van der Waals surface area contributed by atoms with Gasteiger partial charge < -0.3 is 10.2 Å². The molecule has 1 amide bonds. The van der Waals surface area contributed by atoms with Crippen molar-refractivity contribution in [3.8, 4) is 11.3 Å². The predicted molar refractivity (Wildman–Crippen MR) is 125 cm³/mol. The van der Waals surface area contributed by atoms with Crippen LogP contribution in [0.25, 0.3) is 16.2 Å². The van der Waals surface area contributed by atoms with E-state index in [2.05, 4.69) is 32.3 Å². The second-order valence-corrected chi connectivity index (χ2v) is 9.24. The number of amides is 1. The van der Waals surface area contributed by atoms with Gasteiger partial charge in [0.25, 0.3) is 5.91 Å². The van der Waals surface area contributed by atoms with Crippen LogP contribution in [0.5, 0.6) is 0 Å². The fourth-order valence-electron chi connectivity index (χ4n) is 4.13. The Hall–Kier alpha value is -3.40. The van der Waals surface area contributed by atoms with E-state index >= 15 is 0 Å². The molecule has 0 unspecified atom stereocenters. The fourth-order valence-corrected chi connectivity index (χ4v) is 4.88. The van der Waals surface area contributed by atoms with Crippen molar-refractivity contribution in [3.05, 3.63) is 58.7 Å². The van der Waals surface area contributed by atoms with Crippen molar-refractivity contribution in [2.45, 2.75) is 39.2 Å². The Bertz CT molecular complexity index is 1280. The molecule has 1 N–H and O–H groups in total. The maximum atomic E-state index is 13.8. The zero-order chi connectivity index (χ0) is 22.9. The van der Waals surface area contributed by atoms with Crippen LogP contribution in [-0.4, -0.2) is 54.5 Å². The molecule has 1 saturated heterocycles. The summed E-state index contributed by atoms with van der Waals surface area (Å²) in [6, 6.07) is 6.04. The molecule has 0 spiro atoms. The van der Waals surface area contributed by atoms with Gasteiger partial charge in [-0.05, 0) is 56.0 Å². The Morgan fingerprint density at radius 1 is 1.24 bits per heavy atom. The van der Waals surface area contributed by atoms with Crippen LogP contribution in [0.1, 0.15) is 40.8 Å². The van der Waals surface area contributed by atoms with Crippen molar-refractivity contribution in [1.29, 1.82) is 0 Å². The maximum absolute atomic E-state index is 13.8. The van der Waals surface area contributed by atoms with Crippen LogP contribution in [0.4, 0.5) is 10.3 Å². The van der Waals surface area contributed by atoms with Crippen molar-refractivity contribution in [2.24, 2.45) is 0 Å². The lowest BCUT2D eigenvalue weighted by Crippen LogP contribution is -2.40. The van der Waals surface area contributed by atoms with Crippen molar-refractivity contribution >= 4 is 28.2 Å². The van der Waals surface area contributed by atoms with Gasteiger partial charge in [0.2, 0.25) is 10.9 Å². The smallest absolute Gasteiger partial charge is 0.275 e. The molecule has 1 fully saturated rings. The SMILES string of the molecule is CCc1cnc(NC[C@@H]2CCCN2C(=O)c2c(-c3ccc(F)cc3)nc3sc(C)nn23)nc1. The largest absolute Gasteiger partial charge is 0.352 e. The number of nitrogens with zero attached hydrogens (tertiary/aromatic N) is 6. The third kappa shape index (κ3) is 4.18. The number of rotatable bonds is 6. The molecule has 0 saturated carbocycles. The van der Waals surface area contributed by atoms with Crippen LogP contribution < -0.4 is 5.32 Å². The zero-order valence-corrected chi connectivity index (χ0v) is 19.3. The van der Waals surface area contributed by atoms with E-state index in [0.29, 0.717) is 41.0 Å². The van der Waals surface area contributed by atoms with Crippen LogP contribution in [0, 0.1) is 12.7 Å². The molecule has 0 bridgehead atoms. The molecule has 1 aromatic carbocycles. The Kier molecular flexibility index (Phi) is 5.76. The Balaban J connectivity index is 1.43. The molecular weight excluding hydrogens is 441 g/mol. The summed E-state index contributed by atoms with van der Waals surface area (Å²) in [7, 11) is 0. The minimum Gasteiger partial charge on any atom is -0.352 e. The highest BCUT2D eigenvalue weighted by molar-refractivity contribution is 7.16. The van der Waals surface area contributed by atoms with E-state index in [1.54, 1.807) is 16.6 Å². The number of aromatic nitrogens is 5. The lowest BCUT2D eigenvalue weighted by atomic mass is 10.1. The topological polar surface area (TPSA) is 88.3 Å². The second-order valence-electron chi connectivity index (χ2n) is 8.08. The predicted octanol–water partition coefficient (Wildman–Crippen LogP) is 3.97. The van der Waals surface area contributed by atoms with Gasteiger partial charge in [-0.1, -0.05) is 18.3 Å². The van der Waals surface area contributed by atoms with Gasteiger partial charge in [0.05, 0.1) is 0 Å². The number of imidazole rings is 1. The van der Waals surface area contributed by atoms with Crippen molar-refractivity contribution in [3.63, 3.8) is 0 Å². The minimum atomic E-state index is -0.332. The highest BCUT2D eigenvalue weighted by atomic mass is 32.1. The van der Waals surface area contributed by atoms with Gasteiger partial charge in [0, 0.05) is 37.1 Å². The highest BCUT2D eigenvalue weighted by Crippen LogP contribution is 2.30. The van der Waals surface area contributed by atoms with Crippen molar-refractivity contribution in [1.82, 2.24) is 29.5 Å². The number of aryl methyl sites for hydroxylation is 2. The molecule has 0 aliphatic carbocycles. The normalized spacial score (nSPS) is 16.0. The first-order valence-corrected chi connectivity index (χ1v) is 11.8. The van der Waals surface area contributed by atoms with E-state index in [-0.39, 0.29) is 17.8 Å². The third-order valence-corrected chi connectivity index (χ3v) is 6.70. The molecule has 33 heavy (non-hydrogen) atoms. The summed E-state index contributed by atoms with van der Waals surface area (Å²) in [5.74, 6) is 0.0977. The van der Waals surface area contributed by atoms with Crippen molar-refractivity contribution < 1.29 is 9.18 Å². The van der Waals surface area contributed by atoms with Gasteiger partial charge in [-0.15, -0.1) is 0 Å². The molecule has 10 heteroatoms. The number of fused-ring (bicyclic) bond motifs is 1. The maximum Gasteiger partial charge on any atom is 0.275 e. The van der Waals surface area contributed by atoms with E-state index < -0.39 is 0 Å². The van der Waals surface area contributed by atoms with Crippen LogP contribution in [0.3, 0.4) is 0 Å². The molecule has 170 valence electrons. The molecule has 0 radical (unpaired) electrons. The number of halogens is 1. The van der Waals surface area contributed by atoms with Gasteiger partial charge in [-0.25, -0.2) is 19.3 Å². The second kappa shape index (κ2) is 8.86. The molecule has 8 nitrogen and oxygen atoms in total. The van der Waals surface area contributed by atoms with E-state index in [1.807, 2.05) is 24.2 Å². The molecule has 1 atom stereocenters. The quantitative estimate of drug-likeness (QED) is 0.464. The summed E-state index contributed by atoms with van der Waals surface area (Å²) in [6.07, 6.45) is 6.32. The first kappa shape index (κ1) is 21.4. The molecule has 1 aliphatic rings. The lowest BCUT2D eigenvalue weighted by molar-refractivity contribution is 0.0736. The minimum absolute atomic E-state index is 0.00157. The summed E-state index contributed by atoms with van der Waals surface area (Å²) in [6.45, 7) is 5.16. The fraction of sp³-hybridized carbons (Fsp3) is 0.348. The number of likely N-dealkylation sites (tertiary alicyclic amines) is 1. The molecule has 3 aromatic heterocycles. The van der Waals surface area contributed by atoms with Crippen LogP contribution in [0.2, 0.25) is 0 Å². The number of carbonyl (C=O) groups excluding carboxylic acids is 1. The van der Waals surface area contributed by atoms with Crippen molar-refractivity contribution in [2.75, 3.05) is 18.4 Å². The van der Waals surface area contributed by atoms with Crippen LogP contribution in [0.15, 0.2) is 36.7 Å². The standard InChI is InChI=1S/C23H24FN7OS/c1-3-15-11-25-22(26-12-15)27-13-18-5-4-10-30(18)21(32)20-19(16-6-8-17(24)9-7-16)28-23-31(20)29-14(2)33-23/h6-9,11-12,18H,3-5,10,13H2,1-2H3,(H,25,26,27)/t18-/m0/s1. The summed E-state index contributed by atoms with van der Waals surface area (Å²) in [5.41, 5.74) is 2.70. The lowest BCUT2D eigenvalue weighted by Gasteiger charge is -2.25.